The average molecular weight is 296 g/mol. The van der Waals surface area contributed by atoms with Crippen molar-refractivity contribution in [1.29, 1.82) is 0 Å². The number of morpholine rings is 1. The molecule has 0 saturated carbocycles. The third-order valence-corrected chi connectivity index (χ3v) is 3.69. The smallest absolute Gasteiger partial charge is 0.121 e. The fourth-order valence-electron chi connectivity index (χ4n) is 2.17. The molecule has 2 aliphatic rings. The van der Waals surface area contributed by atoms with E-state index in [2.05, 4.69) is 39.4 Å². The molecule has 0 aromatic rings. The largest absolute Gasteiger partial charge is 0.365 e. The summed E-state index contributed by atoms with van der Waals surface area (Å²) in [4.78, 5) is 5.01. The monoisotopic (exact) mass is 296 g/mol. The molecule has 13 heavy (non-hydrogen) atoms. The van der Waals surface area contributed by atoms with Gasteiger partial charge in [-0.15, -0.1) is 0 Å². The number of hydrogen-bond donors (Lipinski definition) is 0. The van der Waals surface area contributed by atoms with E-state index in [-0.39, 0.29) is 0 Å². The average Bonchev–Trinajstić information content (AvgIpc) is 2.52. The van der Waals surface area contributed by atoms with Gasteiger partial charge in [-0.1, -0.05) is 0 Å². The normalized spacial score (nSPS) is 38.3. The summed E-state index contributed by atoms with van der Waals surface area (Å²) in [6.07, 6.45) is 1.33. The maximum absolute atomic E-state index is 5.53. The molecule has 0 aliphatic carbocycles. The first-order valence-corrected chi connectivity index (χ1v) is 6.18. The van der Waals surface area contributed by atoms with Gasteiger partial charge in [0, 0.05) is 25.7 Å². The number of likely N-dealkylation sites (N-methyl/N-ethyl adjacent to an activating group) is 1. The zero-order chi connectivity index (χ0) is 9.26. The van der Waals surface area contributed by atoms with Gasteiger partial charge in [-0.25, -0.2) is 0 Å². The Kier molecular flexibility index (Phi) is 3.45. The molecule has 2 atom stereocenters. The predicted molar refractivity (Wildman–Crippen MR) is 61.2 cm³/mol. The zero-order valence-electron chi connectivity index (χ0n) is 8.08. The molecule has 2 fully saturated rings. The topological polar surface area (TPSA) is 15.7 Å². The maximum atomic E-state index is 5.53. The van der Waals surface area contributed by atoms with Crippen LogP contribution in [-0.2, 0) is 4.74 Å². The van der Waals surface area contributed by atoms with Gasteiger partial charge in [0.1, 0.15) is 4.11 Å². The van der Waals surface area contributed by atoms with E-state index < -0.39 is 0 Å². The molecule has 2 saturated heterocycles. The minimum absolute atomic E-state index is 0.400. The fourth-order valence-corrected chi connectivity index (χ4v) is 2.93. The molecule has 3 nitrogen and oxygen atoms in total. The molecule has 0 N–H and O–H groups in total. The number of hydrogen-bond acceptors (Lipinski definition) is 3. The summed E-state index contributed by atoms with van der Waals surface area (Å²) in [6.45, 7) is 5.64. The summed E-state index contributed by atoms with van der Waals surface area (Å²) in [7, 11) is 2.21. The van der Waals surface area contributed by atoms with Crippen LogP contribution >= 0.6 is 22.6 Å². The van der Waals surface area contributed by atoms with Crippen molar-refractivity contribution in [3.05, 3.63) is 0 Å². The molecule has 2 unspecified atom stereocenters. The highest BCUT2D eigenvalue weighted by Crippen LogP contribution is 2.19. The molecule has 0 aromatic heterocycles. The highest BCUT2D eigenvalue weighted by molar-refractivity contribution is 14.1. The van der Waals surface area contributed by atoms with E-state index in [0.717, 1.165) is 25.7 Å². The van der Waals surface area contributed by atoms with Crippen molar-refractivity contribution in [2.45, 2.75) is 16.6 Å². The molecule has 0 spiro atoms. The molecule has 0 radical (unpaired) electrons. The van der Waals surface area contributed by atoms with Crippen molar-refractivity contribution in [2.24, 2.45) is 0 Å². The first-order valence-electron chi connectivity index (χ1n) is 4.94. The van der Waals surface area contributed by atoms with Crippen LogP contribution in [0.15, 0.2) is 0 Å². The highest BCUT2D eigenvalue weighted by Gasteiger charge is 2.29. The fraction of sp³-hybridized carbons (Fsp3) is 1.00. The lowest BCUT2D eigenvalue weighted by atomic mass is 10.2. The van der Waals surface area contributed by atoms with Crippen molar-refractivity contribution in [2.75, 3.05) is 39.8 Å². The van der Waals surface area contributed by atoms with Crippen LogP contribution in [0.2, 0.25) is 0 Å². The van der Waals surface area contributed by atoms with Crippen molar-refractivity contribution in [3.63, 3.8) is 0 Å². The Morgan fingerprint density at radius 3 is 2.77 bits per heavy atom. The second kappa shape index (κ2) is 4.42. The van der Waals surface area contributed by atoms with E-state index in [1.165, 1.54) is 19.5 Å². The molecule has 2 aliphatic heterocycles. The van der Waals surface area contributed by atoms with Crippen LogP contribution < -0.4 is 0 Å². The summed E-state index contributed by atoms with van der Waals surface area (Å²) in [5.41, 5.74) is 0. The maximum Gasteiger partial charge on any atom is 0.121 e. The molecular formula is C9H17IN2O. The van der Waals surface area contributed by atoms with Crippen LogP contribution in [0, 0.1) is 0 Å². The quantitative estimate of drug-likeness (QED) is 0.525. The van der Waals surface area contributed by atoms with Crippen molar-refractivity contribution >= 4 is 22.6 Å². The summed E-state index contributed by atoms with van der Waals surface area (Å²) < 4.78 is 5.93. The van der Waals surface area contributed by atoms with Crippen LogP contribution in [0.25, 0.3) is 0 Å². The molecule has 4 heteroatoms. The Hall–Kier alpha value is 0.610. The molecule has 2 rings (SSSR count). The standard InChI is InChI=1S/C9H17IN2O/c1-11-3-2-8(6-11)12-4-5-13-9(10)7-12/h8-9H,2-7H2,1H3. The van der Waals surface area contributed by atoms with E-state index in [0.29, 0.717) is 4.11 Å². The number of rotatable bonds is 1. The zero-order valence-corrected chi connectivity index (χ0v) is 10.2. The van der Waals surface area contributed by atoms with E-state index in [4.69, 9.17) is 4.74 Å². The summed E-state index contributed by atoms with van der Waals surface area (Å²) >= 11 is 2.39. The predicted octanol–water partition coefficient (Wildman–Crippen LogP) is 0.784. The third kappa shape index (κ3) is 2.55. The van der Waals surface area contributed by atoms with E-state index >= 15 is 0 Å². The van der Waals surface area contributed by atoms with Gasteiger partial charge >= 0.3 is 0 Å². The van der Waals surface area contributed by atoms with Gasteiger partial charge in [-0.05, 0) is 42.6 Å². The van der Waals surface area contributed by atoms with Gasteiger partial charge in [0.25, 0.3) is 0 Å². The minimum atomic E-state index is 0.400. The van der Waals surface area contributed by atoms with Crippen LogP contribution in [0.1, 0.15) is 6.42 Å². The lowest BCUT2D eigenvalue weighted by Gasteiger charge is -2.34. The Morgan fingerprint density at radius 1 is 1.31 bits per heavy atom. The molecule has 0 bridgehead atoms. The first-order chi connectivity index (χ1) is 6.25. The minimum Gasteiger partial charge on any atom is -0.365 e. The number of likely N-dealkylation sites (tertiary alicyclic amines) is 1. The second-order valence-corrected chi connectivity index (χ2v) is 5.37. The molecule has 0 amide bonds. The van der Waals surface area contributed by atoms with Crippen LogP contribution in [0.4, 0.5) is 0 Å². The van der Waals surface area contributed by atoms with Gasteiger partial charge in [0.05, 0.1) is 6.61 Å². The summed E-state index contributed by atoms with van der Waals surface area (Å²) in [5.74, 6) is 0. The van der Waals surface area contributed by atoms with Crippen molar-refractivity contribution < 1.29 is 4.74 Å². The van der Waals surface area contributed by atoms with Crippen LogP contribution in [0.3, 0.4) is 0 Å². The van der Waals surface area contributed by atoms with Crippen molar-refractivity contribution in [1.82, 2.24) is 9.80 Å². The Morgan fingerprint density at radius 2 is 2.15 bits per heavy atom. The number of ether oxygens (including phenoxy) is 1. The molecule has 76 valence electrons. The molecule has 2 heterocycles. The van der Waals surface area contributed by atoms with Gasteiger partial charge in [-0.2, -0.15) is 0 Å². The molecular weight excluding hydrogens is 279 g/mol. The number of halogens is 1. The van der Waals surface area contributed by atoms with Gasteiger partial charge in [-0.3, -0.25) is 4.90 Å². The van der Waals surface area contributed by atoms with Gasteiger partial charge < -0.3 is 9.64 Å². The lowest BCUT2D eigenvalue weighted by Crippen LogP contribution is -2.46. The number of nitrogens with zero attached hydrogens (tertiary/aromatic N) is 2. The number of alkyl halides is 1. The van der Waals surface area contributed by atoms with E-state index in [9.17, 15) is 0 Å². The summed E-state index contributed by atoms with van der Waals surface area (Å²) in [6, 6.07) is 0.783. The lowest BCUT2D eigenvalue weighted by molar-refractivity contribution is 0.00892. The summed E-state index contributed by atoms with van der Waals surface area (Å²) in [5, 5.41) is 0. The van der Waals surface area contributed by atoms with Gasteiger partial charge in [0.15, 0.2) is 0 Å². The third-order valence-electron chi connectivity index (χ3n) is 2.94. The molecule has 0 aromatic carbocycles. The van der Waals surface area contributed by atoms with Crippen LogP contribution in [-0.4, -0.2) is 59.8 Å². The highest BCUT2D eigenvalue weighted by atomic mass is 127. The van der Waals surface area contributed by atoms with Gasteiger partial charge in [0.2, 0.25) is 0 Å². The Balaban J connectivity index is 1.85. The van der Waals surface area contributed by atoms with Crippen LogP contribution in [0.5, 0.6) is 0 Å². The Labute approximate surface area is 93.5 Å². The van der Waals surface area contributed by atoms with E-state index in [1.54, 1.807) is 0 Å². The van der Waals surface area contributed by atoms with E-state index in [1.807, 2.05) is 0 Å². The SMILES string of the molecule is CN1CCC(N2CCOC(I)C2)C1. The van der Waals surface area contributed by atoms with Crippen molar-refractivity contribution in [3.8, 4) is 0 Å². The Bertz CT molecular complexity index is 179. The second-order valence-electron chi connectivity index (χ2n) is 3.98. The first kappa shape index (κ1) is 10.1.